The van der Waals surface area contributed by atoms with E-state index in [1.807, 2.05) is 20.8 Å². The summed E-state index contributed by atoms with van der Waals surface area (Å²) in [6.07, 6.45) is -8.00. The number of ether oxygens (including phenoxy) is 6. The minimum Gasteiger partial charge on any atom is -0.496 e. The second kappa shape index (κ2) is 16.2. The maximum atomic E-state index is 15.4. The summed E-state index contributed by atoms with van der Waals surface area (Å²) in [6.45, 7) is 13.4. The molecule has 5 aliphatic rings. The number of esters is 4. The number of amides is 1. The van der Waals surface area contributed by atoms with Gasteiger partial charge < -0.3 is 49.1 Å². The highest BCUT2D eigenvalue weighted by molar-refractivity contribution is 8.14. The molecular formula is C43H55NO15S. The maximum absolute atomic E-state index is 15.4. The van der Waals surface area contributed by atoms with E-state index < -0.39 is 123 Å². The van der Waals surface area contributed by atoms with Gasteiger partial charge in [-0.15, -0.1) is 0 Å². The Kier molecular flexibility index (Phi) is 12.2. The third-order valence-corrected chi connectivity index (χ3v) is 13.7. The number of aliphatic hydroxyl groups is 3. The third-order valence-electron chi connectivity index (χ3n) is 12.8. The highest BCUT2D eigenvalue weighted by atomic mass is 32.2. The molecule has 2 saturated carbocycles. The van der Waals surface area contributed by atoms with Crippen molar-refractivity contribution in [1.82, 2.24) is 5.32 Å². The third kappa shape index (κ3) is 7.76. The van der Waals surface area contributed by atoms with Crippen molar-refractivity contribution in [2.24, 2.45) is 16.7 Å². The van der Waals surface area contributed by atoms with Gasteiger partial charge in [0.1, 0.15) is 36.1 Å². The van der Waals surface area contributed by atoms with Gasteiger partial charge in [-0.05, 0) is 43.2 Å². The van der Waals surface area contributed by atoms with Crippen molar-refractivity contribution in [2.45, 2.75) is 146 Å². The Morgan fingerprint density at radius 2 is 1.67 bits per heavy atom. The predicted molar refractivity (Wildman–Crippen MR) is 213 cm³/mol. The van der Waals surface area contributed by atoms with Crippen LogP contribution in [0.2, 0.25) is 0 Å². The van der Waals surface area contributed by atoms with E-state index in [1.165, 1.54) is 32.2 Å². The van der Waals surface area contributed by atoms with Gasteiger partial charge in [-0.1, -0.05) is 64.6 Å². The fraction of sp³-hybridized carbons (Fsp3) is 0.628. The van der Waals surface area contributed by atoms with E-state index in [2.05, 4.69) is 5.32 Å². The predicted octanol–water partition coefficient (Wildman–Crippen LogP) is 3.48. The summed E-state index contributed by atoms with van der Waals surface area (Å²) in [4.78, 5) is 82.8. The van der Waals surface area contributed by atoms with Gasteiger partial charge >= 0.3 is 23.9 Å². The number of rotatable bonds is 9. The largest absolute Gasteiger partial charge is 0.496 e. The van der Waals surface area contributed by atoms with E-state index in [4.69, 9.17) is 28.4 Å². The molecule has 17 heteroatoms. The molecule has 12 atom stereocenters. The zero-order valence-corrected chi connectivity index (χ0v) is 36.0. The van der Waals surface area contributed by atoms with E-state index >= 15 is 4.79 Å². The van der Waals surface area contributed by atoms with Crippen LogP contribution in [-0.4, -0.2) is 122 Å². The van der Waals surface area contributed by atoms with Crippen molar-refractivity contribution in [3.05, 3.63) is 59.4 Å². The summed E-state index contributed by atoms with van der Waals surface area (Å²) in [7, 11) is 0. The van der Waals surface area contributed by atoms with Gasteiger partial charge in [0.25, 0.3) is 5.24 Å². The van der Waals surface area contributed by atoms with Crippen LogP contribution in [0.25, 0.3) is 0 Å². The molecule has 0 radical (unpaired) electrons. The van der Waals surface area contributed by atoms with Gasteiger partial charge in [0.15, 0.2) is 23.6 Å². The lowest BCUT2D eigenvalue weighted by Crippen LogP contribution is -2.82. The SMILES string of the molecule is CC(=O)O[C@H]1C(=O)[C@@]2(C)[C@H]([C@H](OC(=O)c3ccccc3)[C@]3(O)C[C@H](OC(=O)[C@H](O)[C@@H](NC(=O)SC(C)(C)C)C4CC=CO4)C(C)=C1C3(C)C)[C@]1(OC(C)=O)CO[C@@H]1C[C@@H]2O. The summed E-state index contributed by atoms with van der Waals surface area (Å²) in [5.74, 6) is -6.23. The molecule has 1 aromatic carbocycles. The monoisotopic (exact) mass is 857 g/mol. The zero-order valence-electron chi connectivity index (χ0n) is 35.2. The van der Waals surface area contributed by atoms with E-state index in [0.717, 1.165) is 25.6 Å². The molecular weight excluding hydrogens is 803 g/mol. The number of hydrogen-bond donors (Lipinski definition) is 4. The van der Waals surface area contributed by atoms with Gasteiger partial charge in [0.05, 0.1) is 35.9 Å². The van der Waals surface area contributed by atoms with Gasteiger partial charge in [0, 0.05) is 43.3 Å². The van der Waals surface area contributed by atoms with Crippen LogP contribution in [0.1, 0.15) is 91.9 Å². The van der Waals surface area contributed by atoms with Crippen LogP contribution in [0.15, 0.2) is 53.8 Å². The number of fused-ring (bicyclic) bond motifs is 5. The summed E-state index contributed by atoms with van der Waals surface area (Å²) >= 11 is 0.947. The molecule has 0 aromatic heterocycles. The average molecular weight is 858 g/mol. The Morgan fingerprint density at radius 3 is 2.22 bits per heavy atom. The fourth-order valence-corrected chi connectivity index (χ4v) is 10.6. The summed E-state index contributed by atoms with van der Waals surface area (Å²) in [5.41, 5.74) is -7.60. The molecule has 6 rings (SSSR count). The van der Waals surface area contributed by atoms with Crippen LogP contribution in [0.5, 0.6) is 0 Å². The topological polar surface area (TPSA) is 231 Å². The second-order valence-electron chi connectivity index (χ2n) is 18.1. The Hall–Kier alpha value is -4.29. The lowest BCUT2D eigenvalue weighted by molar-refractivity contribution is -0.346. The number of thioether (sulfide) groups is 1. The van der Waals surface area contributed by atoms with Crippen molar-refractivity contribution < 1.29 is 72.5 Å². The smallest absolute Gasteiger partial charge is 0.338 e. The van der Waals surface area contributed by atoms with Crippen molar-refractivity contribution in [1.29, 1.82) is 0 Å². The first kappa shape index (κ1) is 45.2. The van der Waals surface area contributed by atoms with Crippen molar-refractivity contribution >= 4 is 46.7 Å². The number of ketones is 1. The molecule has 3 aliphatic carbocycles. The molecule has 4 N–H and O–H groups in total. The molecule has 328 valence electrons. The van der Waals surface area contributed by atoms with Crippen LogP contribution in [0, 0.1) is 16.7 Å². The molecule has 2 aliphatic heterocycles. The lowest BCUT2D eigenvalue weighted by atomic mass is 9.44. The number of Topliss-reactive ketones (excluding diaryl/α,β-unsaturated/α-hetero) is 1. The lowest BCUT2D eigenvalue weighted by Gasteiger charge is -2.67. The first-order valence-corrected chi connectivity index (χ1v) is 20.8. The van der Waals surface area contributed by atoms with Gasteiger partial charge in [-0.3, -0.25) is 19.2 Å². The Morgan fingerprint density at radius 1 is 1.00 bits per heavy atom. The van der Waals surface area contributed by atoms with E-state index in [9.17, 15) is 39.3 Å². The molecule has 1 amide bonds. The van der Waals surface area contributed by atoms with Gasteiger partial charge in [0.2, 0.25) is 0 Å². The van der Waals surface area contributed by atoms with E-state index in [0.29, 0.717) is 0 Å². The Balaban J connectivity index is 1.52. The Labute approximate surface area is 352 Å². The zero-order chi connectivity index (χ0) is 44.3. The number of carbonyl (C=O) groups is 6. The van der Waals surface area contributed by atoms with Crippen molar-refractivity contribution in [2.75, 3.05) is 6.61 Å². The number of aliphatic hydroxyl groups excluding tert-OH is 2. The minimum atomic E-state index is -2.38. The maximum Gasteiger partial charge on any atom is 0.338 e. The summed E-state index contributed by atoms with van der Waals surface area (Å²) in [6, 6.07) is 6.54. The van der Waals surface area contributed by atoms with E-state index in [-0.39, 0.29) is 36.2 Å². The highest BCUT2D eigenvalue weighted by Gasteiger charge is 2.78. The van der Waals surface area contributed by atoms with Crippen LogP contribution < -0.4 is 5.32 Å². The summed E-state index contributed by atoms with van der Waals surface area (Å²) < 4.78 is 35.3. The number of carbonyl (C=O) groups excluding carboxylic acids is 6. The van der Waals surface area contributed by atoms with Crippen molar-refractivity contribution in [3.8, 4) is 0 Å². The normalized spacial score (nSPS) is 35.1. The Bertz CT molecular complexity index is 1970. The molecule has 60 heavy (non-hydrogen) atoms. The second-order valence-corrected chi connectivity index (χ2v) is 19.9. The average Bonchev–Trinajstić information content (AvgIpc) is 3.69. The van der Waals surface area contributed by atoms with Gasteiger partial charge in [-0.2, -0.15) is 0 Å². The number of hydrogen-bond acceptors (Lipinski definition) is 16. The molecule has 16 nitrogen and oxygen atoms in total. The van der Waals surface area contributed by atoms with Crippen LogP contribution in [0.3, 0.4) is 0 Å². The molecule has 1 unspecified atom stereocenters. The molecule has 2 bridgehead atoms. The van der Waals surface area contributed by atoms with Crippen LogP contribution in [0.4, 0.5) is 4.79 Å². The standard InChI is InChI=1S/C43H55NO15S/c1-21-26(57-37(51)31(48)30(25-16-13-17-54-25)44-38(52)60-39(4,5)6)19-43(53)35(58-36(50)24-14-11-10-12-15-24)33-41(9,27(47)18-28-42(33,20-55-28)59-23(3)46)34(49)32(56-22(2)45)29(21)40(43,7)8/h10-15,17,25-28,30-33,35,47-48,53H,16,18-20H2,1-9H3,(H,44,52)/t25?,26-,27-,28+,30-,31+,32+,33-,35-,41+,42-,43+/m0/s1. The molecule has 3 fully saturated rings. The van der Waals surface area contributed by atoms with Crippen molar-refractivity contribution in [3.63, 3.8) is 0 Å². The quantitative estimate of drug-likeness (QED) is 0.158. The molecule has 1 saturated heterocycles. The molecule has 1 aromatic rings. The number of nitrogens with one attached hydrogen (secondary N) is 1. The van der Waals surface area contributed by atoms with Crippen LogP contribution >= 0.6 is 11.8 Å². The molecule has 2 heterocycles. The van der Waals surface area contributed by atoms with E-state index in [1.54, 1.807) is 38.1 Å². The number of benzene rings is 1. The fourth-order valence-electron chi connectivity index (χ4n) is 9.83. The van der Waals surface area contributed by atoms with Gasteiger partial charge in [-0.25, -0.2) is 9.59 Å². The highest BCUT2D eigenvalue weighted by Crippen LogP contribution is 2.64. The first-order valence-electron chi connectivity index (χ1n) is 20.0. The minimum absolute atomic E-state index is 0.000324. The molecule has 0 spiro atoms. The first-order chi connectivity index (χ1) is 27.9. The van der Waals surface area contributed by atoms with Crippen LogP contribution in [-0.2, 0) is 47.6 Å². The summed E-state index contributed by atoms with van der Waals surface area (Å²) in [5, 5.41) is 39.4.